The number of carbonyl (C=O) groups excluding carboxylic acids is 1. The van der Waals surface area contributed by atoms with Crippen LogP contribution in [0.2, 0.25) is 0 Å². The highest BCUT2D eigenvalue weighted by Crippen LogP contribution is 2.26. The molecule has 0 bridgehead atoms. The van der Waals surface area contributed by atoms with Gasteiger partial charge in [-0.25, -0.2) is 0 Å². The van der Waals surface area contributed by atoms with E-state index in [1.54, 1.807) is 18.2 Å². The largest absolute Gasteiger partial charge is 0.493 e. The van der Waals surface area contributed by atoms with E-state index in [1.165, 1.54) is 4.80 Å². The van der Waals surface area contributed by atoms with E-state index in [9.17, 15) is 4.79 Å². The number of halogens is 1. The second kappa shape index (κ2) is 7.16. The van der Waals surface area contributed by atoms with Gasteiger partial charge in [0.25, 0.3) is 11.9 Å². The maximum atomic E-state index is 12.1. The van der Waals surface area contributed by atoms with Crippen molar-refractivity contribution >= 4 is 27.8 Å². The van der Waals surface area contributed by atoms with Crippen LogP contribution >= 0.6 is 15.9 Å². The zero-order valence-corrected chi connectivity index (χ0v) is 13.4. The number of rotatable bonds is 6. The van der Waals surface area contributed by atoms with Gasteiger partial charge in [-0.15, -0.1) is 5.10 Å². The molecule has 1 aromatic heterocycles. The number of hydrogen-bond donors (Lipinski definition) is 1. The number of nitrogens with one attached hydrogen (secondary N) is 1. The highest BCUT2D eigenvalue weighted by molar-refractivity contribution is 9.10. The van der Waals surface area contributed by atoms with Gasteiger partial charge in [0.05, 0.1) is 17.6 Å². The number of benzene rings is 1. The van der Waals surface area contributed by atoms with Crippen LogP contribution in [0.5, 0.6) is 5.75 Å². The smallest absolute Gasteiger partial charge is 0.270 e. The van der Waals surface area contributed by atoms with E-state index in [1.807, 2.05) is 13.8 Å². The van der Waals surface area contributed by atoms with Gasteiger partial charge >= 0.3 is 0 Å². The highest BCUT2D eigenvalue weighted by Gasteiger charge is 2.12. The Balaban J connectivity index is 2.07. The van der Waals surface area contributed by atoms with Crippen molar-refractivity contribution in [3.05, 3.63) is 28.2 Å². The molecule has 1 amide bonds. The van der Waals surface area contributed by atoms with Gasteiger partial charge in [0, 0.05) is 5.56 Å². The summed E-state index contributed by atoms with van der Waals surface area (Å²) in [6.45, 7) is 5.14. The molecule has 21 heavy (non-hydrogen) atoms. The number of nitrogens with zero attached hydrogens (tertiary/aromatic N) is 4. The van der Waals surface area contributed by atoms with Crippen molar-refractivity contribution in [1.29, 1.82) is 0 Å². The Morgan fingerprint density at radius 2 is 2.24 bits per heavy atom. The molecule has 0 unspecified atom stereocenters. The van der Waals surface area contributed by atoms with Gasteiger partial charge in [0.1, 0.15) is 5.75 Å². The summed E-state index contributed by atoms with van der Waals surface area (Å²) in [7, 11) is 0. The van der Waals surface area contributed by atoms with Gasteiger partial charge in [-0.05, 0) is 52.7 Å². The Morgan fingerprint density at radius 1 is 1.43 bits per heavy atom. The highest BCUT2D eigenvalue weighted by atomic mass is 79.9. The SMILES string of the molecule is CCCn1nnc(NC(=O)c2ccc(OCC)c(Br)c2)n1. The fourth-order valence-corrected chi connectivity index (χ4v) is 2.17. The molecule has 7 nitrogen and oxygen atoms in total. The third-order valence-corrected chi connectivity index (χ3v) is 3.22. The minimum Gasteiger partial charge on any atom is -0.493 e. The second-order valence-corrected chi connectivity index (χ2v) is 5.10. The average molecular weight is 354 g/mol. The van der Waals surface area contributed by atoms with Gasteiger partial charge in [-0.3, -0.25) is 10.1 Å². The molecule has 0 saturated heterocycles. The van der Waals surface area contributed by atoms with E-state index >= 15 is 0 Å². The number of ether oxygens (including phenoxy) is 1. The van der Waals surface area contributed by atoms with E-state index < -0.39 is 0 Å². The van der Waals surface area contributed by atoms with E-state index in [-0.39, 0.29) is 11.9 Å². The summed E-state index contributed by atoms with van der Waals surface area (Å²) in [5, 5.41) is 14.3. The Bertz CT molecular complexity index is 629. The molecular weight excluding hydrogens is 338 g/mol. The third kappa shape index (κ3) is 4.01. The van der Waals surface area contributed by atoms with Crippen molar-refractivity contribution in [2.75, 3.05) is 11.9 Å². The summed E-state index contributed by atoms with van der Waals surface area (Å²) in [4.78, 5) is 13.6. The third-order valence-electron chi connectivity index (χ3n) is 2.60. The molecule has 0 radical (unpaired) electrons. The fraction of sp³-hybridized carbons (Fsp3) is 0.385. The first kappa shape index (κ1) is 15.4. The molecule has 8 heteroatoms. The standard InChI is InChI=1S/C13H16BrN5O2/c1-3-7-19-17-13(16-18-19)15-12(20)9-5-6-11(21-4-2)10(14)8-9/h5-6,8H,3-4,7H2,1-2H3,(H,15,17,20). The average Bonchev–Trinajstić information content (AvgIpc) is 2.89. The first-order valence-corrected chi connectivity index (χ1v) is 7.44. The predicted molar refractivity (Wildman–Crippen MR) is 81.4 cm³/mol. The first-order chi connectivity index (χ1) is 10.1. The van der Waals surface area contributed by atoms with Gasteiger partial charge < -0.3 is 4.74 Å². The van der Waals surface area contributed by atoms with Crippen LogP contribution in [-0.2, 0) is 6.54 Å². The zero-order valence-electron chi connectivity index (χ0n) is 11.8. The molecule has 0 aliphatic heterocycles. The topological polar surface area (TPSA) is 81.9 Å². The molecule has 1 N–H and O–H groups in total. The van der Waals surface area contributed by atoms with Crippen LogP contribution in [0.15, 0.2) is 22.7 Å². The molecule has 1 aromatic carbocycles. The minimum absolute atomic E-state index is 0.193. The van der Waals surface area contributed by atoms with Gasteiger partial charge in [-0.1, -0.05) is 12.0 Å². The van der Waals surface area contributed by atoms with Crippen LogP contribution in [0.4, 0.5) is 5.95 Å². The molecule has 0 spiro atoms. The molecule has 0 aliphatic carbocycles. The van der Waals surface area contributed by atoms with Crippen molar-refractivity contribution in [1.82, 2.24) is 20.2 Å². The number of carbonyl (C=O) groups is 1. The summed E-state index contributed by atoms with van der Waals surface area (Å²) in [6, 6.07) is 5.11. The molecule has 0 atom stereocenters. The van der Waals surface area contributed by atoms with E-state index in [4.69, 9.17) is 4.74 Å². The van der Waals surface area contributed by atoms with Gasteiger partial charge in [-0.2, -0.15) is 4.80 Å². The first-order valence-electron chi connectivity index (χ1n) is 6.65. The minimum atomic E-state index is -0.296. The van der Waals surface area contributed by atoms with E-state index in [2.05, 4.69) is 36.7 Å². The van der Waals surface area contributed by atoms with Crippen molar-refractivity contribution in [2.45, 2.75) is 26.8 Å². The predicted octanol–water partition coefficient (Wildman–Crippen LogP) is 2.50. The van der Waals surface area contributed by atoms with Crippen molar-refractivity contribution in [3.8, 4) is 5.75 Å². The molecule has 0 aliphatic rings. The van der Waals surface area contributed by atoms with Crippen molar-refractivity contribution in [3.63, 3.8) is 0 Å². The molecule has 2 aromatic rings. The molecular formula is C13H16BrN5O2. The molecule has 112 valence electrons. The zero-order chi connectivity index (χ0) is 15.2. The summed E-state index contributed by atoms with van der Waals surface area (Å²) >= 11 is 3.37. The van der Waals surface area contributed by atoms with Crippen LogP contribution in [0.3, 0.4) is 0 Å². The van der Waals surface area contributed by atoms with Crippen LogP contribution < -0.4 is 10.1 Å². The van der Waals surface area contributed by atoms with Crippen LogP contribution in [0.1, 0.15) is 30.6 Å². The Morgan fingerprint density at radius 3 is 2.90 bits per heavy atom. The summed E-state index contributed by atoms with van der Waals surface area (Å²) in [5.41, 5.74) is 0.483. The quantitative estimate of drug-likeness (QED) is 0.862. The number of aryl methyl sites for hydroxylation is 1. The van der Waals surface area contributed by atoms with E-state index in [0.29, 0.717) is 24.5 Å². The maximum absolute atomic E-state index is 12.1. The number of tetrazole rings is 1. The van der Waals surface area contributed by atoms with Crippen LogP contribution in [0.25, 0.3) is 0 Å². The van der Waals surface area contributed by atoms with Gasteiger partial charge in [0.15, 0.2) is 0 Å². The molecule has 1 heterocycles. The van der Waals surface area contributed by atoms with Crippen molar-refractivity contribution < 1.29 is 9.53 Å². The Kier molecular flexibility index (Phi) is 5.26. The van der Waals surface area contributed by atoms with Gasteiger partial charge in [0.2, 0.25) is 0 Å². The summed E-state index contributed by atoms with van der Waals surface area (Å²) < 4.78 is 6.13. The number of anilines is 1. The van der Waals surface area contributed by atoms with Crippen molar-refractivity contribution in [2.24, 2.45) is 0 Å². The molecule has 0 fully saturated rings. The van der Waals surface area contributed by atoms with E-state index in [0.717, 1.165) is 10.9 Å². The molecule has 2 rings (SSSR count). The number of hydrogen-bond acceptors (Lipinski definition) is 5. The monoisotopic (exact) mass is 353 g/mol. The molecule has 0 saturated carbocycles. The Labute approximate surface area is 130 Å². The number of amides is 1. The maximum Gasteiger partial charge on any atom is 0.270 e. The second-order valence-electron chi connectivity index (χ2n) is 4.24. The number of aromatic nitrogens is 4. The fourth-order valence-electron chi connectivity index (χ4n) is 1.68. The lowest BCUT2D eigenvalue weighted by Crippen LogP contribution is -2.13. The van der Waals surface area contributed by atoms with Crippen LogP contribution in [0, 0.1) is 0 Å². The van der Waals surface area contributed by atoms with Crippen LogP contribution in [-0.4, -0.2) is 32.7 Å². The lowest BCUT2D eigenvalue weighted by molar-refractivity contribution is 0.102. The normalized spacial score (nSPS) is 10.4. The lowest BCUT2D eigenvalue weighted by Gasteiger charge is -2.07. The summed E-state index contributed by atoms with van der Waals surface area (Å²) in [6.07, 6.45) is 0.898. The lowest BCUT2D eigenvalue weighted by atomic mass is 10.2. The Hall–Kier alpha value is -1.96. The summed E-state index contributed by atoms with van der Waals surface area (Å²) in [5.74, 6) is 0.592.